The molecule has 0 saturated heterocycles. The lowest BCUT2D eigenvalue weighted by molar-refractivity contribution is -0.188. The molecule has 0 amide bonds. The predicted molar refractivity (Wildman–Crippen MR) is 127 cm³/mol. The average molecular weight is 507 g/mol. The van der Waals surface area contributed by atoms with E-state index in [4.69, 9.17) is 9.84 Å². The Kier molecular flexibility index (Phi) is 7.24. The van der Waals surface area contributed by atoms with Crippen LogP contribution in [0.2, 0.25) is 0 Å². The Hall–Kier alpha value is -2.07. The Bertz CT molecular complexity index is 972. The van der Waals surface area contributed by atoms with Crippen LogP contribution in [0.5, 0.6) is 0 Å². The lowest BCUT2D eigenvalue weighted by Crippen LogP contribution is -2.60. The molecule has 5 N–H and O–H groups in total. The number of ketones is 1. The highest BCUT2D eigenvalue weighted by Crippen LogP contribution is 2.66. The van der Waals surface area contributed by atoms with Crippen molar-refractivity contribution in [3.63, 3.8) is 0 Å². The van der Waals surface area contributed by atoms with Gasteiger partial charge in [0.05, 0.1) is 31.2 Å². The summed E-state index contributed by atoms with van der Waals surface area (Å²) >= 11 is 0. The Morgan fingerprint density at radius 2 is 1.86 bits per heavy atom. The molecular formula is C27H38O9. The minimum absolute atomic E-state index is 0.0189. The number of aliphatic carboxylic acids is 1. The molecule has 0 aromatic carbocycles. The number of aliphatic hydroxyl groups excluding tert-OH is 3. The SMILES string of the molecule is C[C@]12C=CC(=O)C=C1CCC1C2[C@@H](O)C[C@@]2(C)C1CC[C@]2(O)COC(=O)C[C@H](O)C[C@H](O)CC(=O)O. The normalized spacial score (nSPS) is 40.9. The number of carboxylic acid groups (broad SMARTS) is 1. The van der Waals surface area contributed by atoms with E-state index in [1.807, 2.05) is 13.0 Å². The van der Waals surface area contributed by atoms with E-state index in [0.29, 0.717) is 12.8 Å². The zero-order valence-electron chi connectivity index (χ0n) is 20.9. The van der Waals surface area contributed by atoms with Gasteiger partial charge < -0.3 is 30.3 Å². The number of aliphatic hydroxyl groups is 4. The fraction of sp³-hybridized carbons (Fsp3) is 0.741. The van der Waals surface area contributed by atoms with Crippen LogP contribution < -0.4 is 0 Å². The van der Waals surface area contributed by atoms with Crippen molar-refractivity contribution in [2.24, 2.45) is 28.6 Å². The molecule has 36 heavy (non-hydrogen) atoms. The van der Waals surface area contributed by atoms with Gasteiger partial charge in [-0.05, 0) is 56.1 Å². The Balaban J connectivity index is 1.42. The van der Waals surface area contributed by atoms with Gasteiger partial charge in [0.2, 0.25) is 0 Å². The van der Waals surface area contributed by atoms with Crippen LogP contribution in [0.1, 0.15) is 65.2 Å². The van der Waals surface area contributed by atoms with E-state index in [-0.39, 0.29) is 36.6 Å². The molecule has 0 aliphatic heterocycles. The van der Waals surface area contributed by atoms with Gasteiger partial charge in [-0.25, -0.2) is 0 Å². The standard InChI is InChI=1S/C27H38O9/c1-25-7-5-16(28)9-15(25)3-4-19-20-6-8-27(35,26(20,2)13-21(31)24(19)25)14-36-23(34)12-18(30)10-17(29)11-22(32)33/h5,7,9,17-21,24,29-31,35H,3-4,6,8,10-14H2,1-2H3,(H,32,33)/t17-,18+,19?,20?,21-,24?,25-,26-,27-/m0/s1. The summed E-state index contributed by atoms with van der Waals surface area (Å²) in [4.78, 5) is 35.0. The minimum atomic E-state index is -1.33. The van der Waals surface area contributed by atoms with Crippen LogP contribution in [0, 0.1) is 28.6 Å². The monoisotopic (exact) mass is 506 g/mol. The fourth-order valence-corrected chi connectivity index (χ4v) is 7.79. The molecule has 3 unspecified atom stereocenters. The van der Waals surface area contributed by atoms with Gasteiger partial charge in [0.15, 0.2) is 5.78 Å². The second-order valence-corrected chi connectivity index (χ2v) is 11.8. The predicted octanol–water partition coefficient (Wildman–Crippen LogP) is 1.52. The maximum Gasteiger partial charge on any atom is 0.308 e. The van der Waals surface area contributed by atoms with Crippen molar-refractivity contribution in [3.05, 3.63) is 23.8 Å². The highest BCUT2D eigenvalue weighted by Gasteiger charge is 2.66. The molecule has 0 bridgehead atoms. The third kappa shape index (κ3) is 4.66. The fourth-order valence-electron chi connectivity index (χ4n) is 7.79. The van der Waals surface area contributed by atoms with E-state index in [1.54, 1.807) is 12.2 Å². The molecule has 9 atom stereocenters. The van der Waals surface area contributed by atoms with E-state index in [0.717, 1.165) is 24.8 Å². The van der Waals surface area contributed by atoms with Crippen molar-refractivity contribution >= 4 is 17.7 Å². The summed E-state index contributed by atoms with van der Waals surface area (Å²) in [6.07, 6.45) is 3.90. The topological polar surface area (TPSA) is 162 Å². The molecule has 0 spiro atoms. The van der Waals surface area contributed by atoms with Crippen LogP contribution in [0.3, 0.4) is 0 Å². The summed E-state index contributed by atoms with van der Waals surface area (Å²) < 4.78 is 5.38. The van der Waals surface area contributed by atoms with E-state index < -0.39 is 59.5 Å². The average Bonchev–Trinajstić information content (AvgIpc) is 3.02. The number of carbonyl (C=O) groups is 3. The Morgan fingerprint density at radius 3 is 2.56 bits per heavy atom. The summed E-state index contributed by atoms with van der Waals surface area (Å²) in [5.41, 5.74) is -1.34. The van der Waals surface area contributed by atoms with Gasteiger partial charge in [-0.3, -0.25) is 14.4 Å². The van der Waals surface area contributed by atoms with Crippen molar-refractivity contribution in [2.75, 3.05) is 6.61 Å². The lowest BCUT2D eigenvalue weighted by atomic mass is 9.46. The first kappa shape index (κ1) is 27.0. The van der Waals surface area contributed by atoms with Crippen LogP contribution in [0.15, 0.2) is 23.8 Å². The number of carbonyl (C=O) groups excluding carboxylic acids is 2. The molecule has 0 aromatic heterocycles. The first-order valence-corrected chi connectivity index (χ1v) is 12.9. The summed E-state index contributed by atoms with van der Waals surface area (Å²) in [5, 5.41) is 51.5. The van der Waals surface area contributed by atoms with Crippen molar-refractivity contribution in [1.82, 2.24) is 0 Å². The van der Waals surface area contributed by atoms with Crippen molar-refractivity contribution in [3.8, 4) is 0 Å². The Morgan fingerprint density at radius 1 is 1.17 bits per heavy atom. The number of allylic oxidation sites excluding steroid dienone is 4. The molecule has 4 aliphatic carbocycles. The summed E-state index contributed by atoms with van der Waals surface area (Å²) in [6, 6.07) is 0. The van der Waals surface area contributed by atoms with Crippen LogP contribution >= 0.6 is 0 Å². The Labute approximate surface area is 210 Å². The number of esters is 1. The van der Waals surface area contributed by atoms with Gasteiger partial charge in [0, 0.05) is 23.2 Å². The molecule has 4 rings (SSSR count). The molecule has 4 aliphatic rings. The number of carboxylic acids is 1. The van der Waals surface area contributed by atoms with E-state index in [2.05, 4.69) is 6.92 Å². The molecule has 9 nitrogen and oxygen atoms in total. The smallest absolute Gasteiger partial charge is 0.308 e. The summed E-state index contributed by atoms with van der Waals surface area (Å²) in [5.74, 6) is -1.74. The largest absolute Gasteiger partial charge is 0.481 e. The molecule has 3 fully saturated rings. The first-order valence-electron chi connectivity index (χ1n) is 12.9. The lowest BCUT2D eigenvalue weighted by Gasteiger charge is -2.59. The van der Waals surface area contributed by atoms with E-state index in [1.165, 1.54) is 0 Å². The van der Waals surface area contributed by atoms with Crippen LogP contribution in [-0.4, -0.2) is 73.8 Å². The highest BCUT2D eigenvalue weighted by molar-refractivity contribution is 6.01. The van der Waals surface area contributed by atoms with Crippen LogP contribution in [0.25, 0.3) is 0 Å². The van der Waals surface area contributed by atoms with Gasteiger partial charge in [-0.2, -0.15) is 0 Å². The quantitative estimate of drug-likeness (QED) is 0.307. The van der Waals surface area contributed by atoms with Gasteiger partial charge in [0.25, 0.3) is 0 Å². The number of rotatable bonds is 8. The van der Waals surface area contributed by atoms with Gasteiger partial charge in [-0.1, -0.05) is 25.5 Å². The number of hydrogen-bond acceptors (Lipinski definition) is 8. The summed E-state index contributed by atoms with van der Waals surface area (Å²) in [7, 11) is 0. The van der Waals surface area contributed by atoms with Gasteiger partial charge >= 0.3 is 11.9 Å². The first-order chi connectivity index (χ1) is 16.8. The number of hydrogen-bond donors (Lipinski definition) is 5. The maximum atomic E-state index is 12.4. The zero-order valence-corrected chi connectivity index (χ0v) is 20.9. The highest BCUT2D eigenvalue weighted by atomic mass is 16.5. The second kappa shape index (κ2) is 9.67. The van der Waals surface area contributed by atoms with Crippen LogP contribution in [-0.2, 0) is 19.1 Å². The maximum absolute atomic E-state index is 12.4. The van der Waals surface area contributed by atoms with E-state index in [9.17, 15) is 34.8 Å². The third-order valence-corrected chi connectivity index (χ3v) is 9.65. The second-order valence-electron chi connectivity index (χ2n) is 11.8. The number of ether oxygens (including phenoxy) is 1. The van der Waals surface area contributed by atoms with E-state index >= 15 is 0 Å². The molecule has 0 radical (unpaired) electrons. The molecule has 0 aromatic rings. The zero-order chi connectivity index (χ0) is 26.5. The third-order valence-electron chi connectivity index (χ3n) is 9.65. The van der Waals surface area contributed by atoms with Crippen LogP contribution in [0.4, 0.5) is 0 Å². The molecule has 200 valence electrons. The summed E-state index contributed by atoms with van der Waals surface area (Å²) in [6.45, 7) is 3.79. The van der Waals surface area contributed by atoms with Gasteiger partial charge in [0.1, 0.15) is 12.2 Å². The number of fused-ring (bicyclic) bond motifs is 5. The molecule has 0 heterocycles. The van der Waals surface area contributed by atoms with Crippen molar-refractivity contribution in [1.29, 1.82) is 0 Å². The van der Waals surface area contributed by atoms with Gasteiger partial charge in [-0.15, -0.1) is 0 Å². The molecule has 3 saturated carbocycles. The minimum Gasteiger partial charge on any atom is -0.481 e. The molecular weight excluding hydrogens is 468 g/mol. The van der Waals surface area contributed by atoms with Crippen molar-refractivity contribution in [2.45, 2.75) is 89.1 Å². The molecule has 9 heteroatoms. The van der Waals surface area contributed by atoms with Crippen molar-refractivity contribution < 1.29 is 44.7 Å².